The molecule has 0 bridgehead atoms. The lowest BCUT2D eigenvalue weighted by Gasteiger charge is -2.22. The van der Waals surface area contributed by atoms with Crippen LogP contribution < -0.4 is 9.47 Å². The molecule has 3 rings (SSSR count). The van der Waals surface area contributed by atoms with Crippen molar-refractivity contribution in [2.75, 3.05) is 13.2 Å². The summed E-state index contributed by atoms with van der Waals surface area (Å²) in [5, 5.41) is 10.4. The van der Waals surface area contributed by atoms with Gasteiger partial charge in [-0.05, 0) is 57.7 Å². The molecule has 21 heavy (non-hydrogen) atoms. The lowest BCUT2D eigenvalue weighted by atomic mass is 10.00. The summed E-state index contributed by atoms with van der Waals surface area (Å²) in [4.78, 5) is 0. The third kappa shape index (κ3) is 2.76. The fraction of sp³-hybridized carbons (Fsp3) is 0.250. The smallest absolute Gasteiger partial charge is 0.175 e. The van der Waals surface area contributed by atoms with Gasteiger partial charge in [-0.25, -0.2) is 4.39 Å². The summed E-state index contributed by atoms with van der Waals surface area (Å²) >= 11 is 3.41. The number of fused-ring (bicyclic) bond motifs is 1. The number of halogens is 2. The highest BCUT2D eigenvalue weighted by Crippen LogP contribution is 2.40. The number of hydrogen-bond donors (Lipinski definition) is 1. The molecule has 1 aliphatic heterocycles. The first-order valence-electron chi connectivity index (χ1n) is 6.59. The molecular formula is C16H14BrFO3. The summed E-state index contributed by atoms with van der Waals surface area (Å²) in [6.07, 6.45) is -0.924. The van der Waals surface area contributed by atoms with E-state index in [4.69, 9.17) is 9.47 Å². The van der Waals surface area contributed by atoms with Crippen LogP contribution in [0.2, 0.25) is 0 Å². The standard InChI is InChI=1S/C16H14BrFO3/c1-9-2-3-10(7-13(9)18)15(19)11-6-12(17)16-14(8-11)20-4-5-21-16/h2-3,6-8,15,19H,4-5H2,1H3. The quantitative estimate of drug-likeness (QED) is 0.894. The van der Waals surface area contributed by atoms with E-state index >= 15 is 0 Å². The van der Waals surface area contributed by atoms with Gasteiger partial charge in [-0.15, -0.1) is 0 Å². The molecule has 0 radical (unpaired) electrons. The van der Waals surface area contributed by atoms with E-state index in [1.165, 1.54) is 6.07 Å². The third-order valence-electron chi connectivity index (χ3n) is 3.45. The first-order chi connectivity index (χ1) is 10.1. The maximum atomic E-state index is 13.6. The minimum atomic E-state index is -0.924. The summed E-state index contributed by atoms with van der Waals surface area (Å²) in [5.74, 6) is 0.882. The van der Waals surface area contributed by atoms with Crippen molar-refractivity contribution in [3.05, 3.63) is 57.3 Å². The Kier molecular flexibility index (Phi) is 3.87. The molecule has 1 atom stereocenters. The third-order valence-corrected chi connectivity index (χ3v) is 4.04. The van der Waals surface area contributed by atoms with Gasteiger partial charge in [0, 0.05) is 0 Å². The molecule has 5 heteroatoms. The largest absolute Gasteiger partial charge is 0.486 e. The molecule has 0 aliphatic carbocycles. The van der Waals surface area contributed by atoms with Gasteiger partial charge in [0.1, 0.15) is 25.1 Å². The van der Waals surface area contributed by atoms with Crippen molar-refractivity contribution < 1.29 is 19.0 Å². The van der Waals surface area contributed by atoms with Gasteiger partial charge >= 0.3 is 0 Å². The Hall–Kier alpha value is -1.59. The van der Waals surface area contributed by atoms with Gasteiger partial charge in [0.05, 0.1) is 4.47 Å². The van der Waals surface area contributed by atoms with Crippen LogP contribution in [0, 0.1) is 12.7 Å². The van der Waals surface area contributed by atoms with E-state index < -0.39 is 6.10 Å². The van der Waals surface area contributed by atoms with E-state index in [9.17, 15) is 9.50 Å². The molecule has 1 N–H and O–H groups in total. The summed E-state index contributed by atoms with van der Waals surface area (Å²) in [6.45, 7) is 2.65. The Bertz CT molecular complexity index is 687. The summed E-state index contributed by atoms with van der Waals surface area (Å²) < 4.78 is 25.4. The molecule has 1 heterocycles. The van der Waals surface area contributed by atoms with Gasteiger partial charge < -0.3 is 14.6 Å². The van der Waals surface area contributed by atoms with Crippen molar-refractivity contribution >= 4 is 15.9 Å². The Morgan fingerprint density at radius 3 is 2.67 bits per heavy atom. The average molecular weight is 353 g/mol. The highest BCUT2D eigenvalue weighted by Gasteiger charge is 2.20. The number of hydrogen-bond acceptors (Lipinski definition) is 3. The molecule has 0 aromatic heterocycles. The maximum absolute atomic E-state index is 13.6. The van der Waals surface area contributed by atoms with E-state index in [0.717, 1.165) is 0 Å². The van der Waals surface area contributed by atoms with E-state index in [1.54, 1.807) is 31.2 Å². The van der Waals surface area contributed by atoms with Crippen LogP contribution in [-0.4, -0.2) is 18.3 Å². The Morgan fingerprint density at radius 2 is 1.90 bits per heavy atom. The molecule has 1 unspecified atom stereocenters. The minimum Gasteiger partial charge on any atom is -0.486 e. The Labute approximate surface area is 130 Å². The molecule has 2 aromatic rings. The fourth-order valence-corrected chi connectivity index (χ4v) is 2.83. The van der Waals surface area contributed by atoms with Crippen molar-refractivity contribution in [3.8, 4) is 11.5 Å². The molecule has 0 spiro atoms. The summed E-state index contributed by atoms with van der Waals surface area (Å²) in [7, 11) is 0. The van der Waals surface area contributed by atoms with Crippen LogP contribution in [0.1, 0.15) is 22.8 Å². The van der Waals surface area contributed by atoms with Crippen LogP contribution in [0.3, 0.4) is 0 Å². The van der Waals surface area contributed by atoms with Crippen molar-refractivity contribution in [1.82, 2.24) is 0 Å². The van der Waals surface area contributed by atoms with Crippen molar-refractivity contribution in [2.45, 2.75) is 13.0 Å². The van der Waals surface area contributed by atoms with Crippen molar-refractivity contribution in [1.29, 1.82) is 0 Å². The monoisotopic (exact) mass is 352 g/mol. The normalized spacial score (nSPS) is 14.9. The molecule has 110 valence electrons. The van der Waals surface area contributed by atoms with Crippen molar-refractivity contribution in [2.24, 2.45) is 0 Å². The highest BCUT2D eigenvalue weighted by molar-refractivity contribution is 9.10. The van der Waals surface area contributed by atoms with Gasteiger partial charge in [0.2, 0.25) is 0 Å². The zero-order valence-corrected chi connectivity index (χ0v) is 13.0. The average Bonchev–Trinajstić information content (AvgIpc) is 2.49. The first kappa shape index (κ1) is 14.4. The molecule has 0 amide bonds. The fourth-order valence-electron chi connectivity index (χ4n) is 2.26. The number of aryl methyl sites for hydroxylation is 1. The van der Waals surface area contributed by atoms with Crippen LogP contribution in [0.15, 0.2) is 34.8 Å². The summed E-state index contributed by atoms with van der Waals surface area (Å²) in [5.41, 5.74) is 1.67. The van der Waals surface area contributed by atoms with E-state index in [2.05, 4.69) is 15.9 Å². The van der Waals surface area contributed by atoms with Gasteiger partial charge in [0.25, 0.3) is 0 Å². The second kappa shape index (κ2) is 5.66. The molecule has 0 saturated heterocycles. The topological polar surface area (TPSA) is 38.7 Å². The number of ether oxygens (including phenoxy) is 2. The highest BCUT2D eigenvalue weighted by atomic mass is 79.9. The van der Waals surface area contributed by atoms with Crippen LogP contribution in [0.25, 0.3) is 0 Å². The number of benzene rings is 2. The minimum absolute atomic E-state index is 0.330. The Morgan fingerprint density at radius 1 is 1.14 bits per heavy atom. The van der Waals surface area contributed by atoms with Gasteiger partial charge in [-0.2, -0.15) is 0 Å². The van der Waals surface area contributed by atoms with Gasteiger partial charge in [-0.1, -0.05) is 12.1 Å². The van der Waals surface area contributed by atoms with E-state index in [1.807, 2.05) is 0 Å². The zero-order valence-electron chi connectivity index (χ0n) is 11.4. The van der Waals surface area contributed by atoms with Crippen LogP contribution in [0.4, 0.5) is 4.39 Å². The zero-order chi connectivity index (χ0) is 15.0. The lowest BCUT2D eigenvalue weighted by Crippen LogP contribution is -2.16. The predicted octanol–water partition coefficient (Wildman–Crippen LogP) is 3.75. The molecule has 0 saturated carbocycles. The predicted molar refractivity (Wildman–Crippen MR) is 80.3 cm³/mol. The van der Waals surface area contributed by atoms with Gasteiger partial charge in [-0.3, -0.25) is 0 Å². The number of aliphatic hydroxyl groups is 1. The lowest BCUT2D eigenvalue weighted by molar-refractivity contribution is 0.168. The number of rotatable bonds is 2. The Balaban J connectivity index is 1.99. The van der Waals surface area contributed by atoms with E-state index in [0.29, 0.717) is 45.9 Å². The van der Waals surface area contributed by atoms with E-state index in [-0.39, 0.29) is 5.82 Å². The first-order valence-corrected chi connectivity index (χ1v) is 7.38. The van der Waals surface area contributed by atoms with Gasteiger partial charge in [0.15, 0.2) is 11.5 Å². The van der Waals surface area contributed by atoms with Crippen molar-refractivity contribution in [3.63, 3.8) is 0 Å². The molecule has 2 aromatic carbocycles. The van der Waals surface area contributed by atoms with Crippen LogP contribution in [0.5, 0.6) is 11.5 Å². The number of aliphatic hydroxyl groups excluding tert-OH is 1. The molecular weight excluding hydrogens is 339 g/mol. The second-order valence-corrected chi connectivity index (χ2v) is 5.79. The summed E-state index contributed by atoms with van der Waals surface area (Å²) in [6, 6.07) is 8.21. The SMILES string of the molecule is Cc1ccc(C(O)c2cc(Br)c3c(c2)OCCO3)cc1F. The van der Waals surface area contributed by atoms with Crippen LogP contribution in [-0.2, 0) is 0 Å². The molecule has 0 fully saturated rings. The second-order valence-electron chi connectivity index (χ2n) is 4.94. The molecule has 3 nitrogen and oxygen atoms in total. The maximum Gasteiger partial charge on any atom is 0.175 e. The van der Waals surface area contributed by atoms with Crippen LogP contribution >= 0.6 is 15.9 Å². The molecule has 1 aliphatic rings.